The molecule has 3 N–H and O–H groups in total. The van der Waals surface area contributed by atoms with Gasteiger partial charge in [0.05, 0.1) is 12.1 Å². The largest absolute Gasteiger partial charge is 0.467 e. The van der Waals surface area contributed by atoms with Gasteiger partial charge in [-0.2, -0.15) is 0 Å². The number of furan rings is 1. The Bertz CT molecular complexity index is 587. The molecule has 17 heavy (non-hydrogen) atoms. The number of carbonyl (C=O) groups is 1. The van der Waals surface area contributed by atoms with Gasteiger partial charge in [-0.05, 0) is 12.1 Å². The van der Waals surface area contributed by atoms with Crippen LogP contribution >= 0.6 is 0 Å². The molecule has 0 radical (unpaired) electrons. The van der Waals surface area contributed by atoms with Gasteiger partial charge in [-0.1, -0.05) is 0 Å². The molecule has 0 unspecified atom stereocenters. The Hall–Kier alpha value is -2.41. The maximum Gasteiger partial charge on any atom is 0.347 e. The predicted octanol–water partition coefficient (Wildman–Crippen LogP) is -0.512. The highest BCUT2D eigenvalue weighted by Gasteiger charge is 2.09. The Morgan fingerprint density at radius 3 is 3.12 bits per heavy atom. The fourth-order valence-corrected chi connectivity index (χ4v) is 1.34. The number of rotatable bonds is 3. The molecule has 0 bridgehead atoms. The molecule has 0 atom stereocenters. The minimum atomic E-state index is -0.446. The molecule has 7 heteroatoms. The van der Waals surface area contributed by atoms with Crippen molar-refractivity contribution in [2.75, 3.05) is 0 Å². The molecule has 2 rings (SSSR count). The van der Waals surface area contributed by atoms with Crippen LogP contribution in [0.15, 0.2) is 40.0 Å². The lowest BCUT2D eigenvalue weighted by Crippen LogP contribution is -2.29. The van der Waals surface area contributed by atoms with Crippen molar-refractivity contribution in [2.45, 2.75) is 6.54 Å². The van der Waals surface area contributed by atoms with Crippen LogP contribution in [0.4, 0.5) is 0 Å². The number of carbonyl (C=O) groups excluding carboxylic acids is 1. The van der Waals surface area contributed by atoms with E-state index in [1.54, 1.807) is 12.3 Å². The van der Waals surface area contributed by atoms with Crippen molar-refractivity contribution in [3.05, 3.63) is 52.6 Å². The number of hydrazine groups is 1. The van der Waals surface area contributed by atoms with E-state index in [9.17, 15) is 9.59 Å². The van der Waals surface area contributed by atoms with Crippen molar-refractivity contribution >= 4 is 5.91 Å². The Morgan fingerprint density at radius 1 is 1.59 bits per heavy atom. The highest BCUT2D eigenvalue weighted by Crippen LogP contribution is 2.08. The van der Waals surface area contributed by atoms with E-state index in [4.69, 9.17) is 10.3 Å². The predicted molar refractivity (Wildman–Crippen MR) is 58.0 cm³/mol. The van der Waals surface area contributed by atoms with E-state index in [1.807, 2.05) is 5.43 Å². The Balaban J connectivity index is 2.20. The van der Waals surface area contributed by atoms with Gasteiger partial charge in [0.15, 0.2) is 0 Å². The molecule has 2 aromatic rings. The Labute approximate surface area is 95.8 Å². The fraction of sp³-hybridized carbons (Fsp3) is 0.100. The maximum absolute atomic E-state index is 11.3. The summed E-state index contributed by atoms with van der Waals surface area (Å²) in [6.45, 7) is 0.213. The summed E-state index contributed by atoms with van der Waals surface area (Å²) in [6.07, 6.45) is 4.27. The van der Waals surface area contributed by atoms with Gasteiger partial charge in [0.2, 0.25) is 0 Å². The van der Waals surface area contributed by atoms with Gasteiger partial charge in [0.1, 0.15) is 12.0 Å². The minimum absolute atomic E-state index is 0.213. The van der Waals surface area contributed by atoms with Gasteiger partial charge < -0.3 is 4.42 Å². The van der Waals surface area contributed by atoms with Crippen LogP contribution in [0.25, 0.3) is 0 Å². The molecular formula is C10H10N4O3. The summed E-state index contributed by atoms with van der Waals surface area (Å²) in [7, 11) is 0. The second-order valence-electron chi connectivity index (χ2n) is 3.31. The van der Waals surface area contributed by atoms with Crippen LogP contribution < -0.4 is 17.0 Å². The SMILES string of the molecule is NNC(=O)c1coc(Cn2cccnc2=O)c1. The van der Waals surface area contributed by atoms with E-state index in [1.165, 1.54) is 23.1 Å². The number of nitrogens with one attached hydrogen (secondary N) is 1. The number of hydrogen-bond acceptors (Lipinski definition) is 5. The first-order chi connectivity index (χ1) is 8.20. The first kappa shape index (κ1) is 11.1. The molecule has 7 nitrogen and oxygen atoms in total. The number of nitrogens with zero attached hydrogens (tertiary/aromatic N) is 2. The summed E-state index contributed by atoms with van der Waals surface area (Å²) in [4.78, 5) is 26.1. The zero-order chi connectivity index (χ0) is 12.3. The maximum atomic E-state index is 11.3. The first-order valence-electron chi connectivity index (χ1n) is 4.80. The van der Waals surface area contributed by atoms with Gasteiger partial charge in [0.25, 0.3) is 5.91 Å². The molecule has 0 aliphatic carbocycles. The summed E-state index contributed by atoms with van der Waals surface area (Å²) >= 11 is 0. The van der Waals surface area contributed by atoms with Gasteiger partial charge in [0, 0.05) is 12.4 Å². The number of nitrogens with two attached hydrogens (primary N) is 1. The highest BCUT2D eigenvalue weighted by atomic mass is 16.3. The minimum Gasteiger partial charge on any atom is -0.467 e. The molecule has 2 heterocycles. The van der Waals surface area contributed by atoms with Gasteiger partial charge in [-0.3, -0.25) is 14.8 Å². The topological polar surface area (TPSA) is 103 Å². The lowest BCUT2D eigenvalue weighted by molar-refractivity contribution is 0.0953. The summed E-state index contributed by atoms with van der Waals surface area (Å²) in [5.41, 5.74) is 1.91. The third kappa shape index (κ3) is 2.40. The number of nitrogen functional groups attached to an aromatic ring is 1. The Morgan fingerprint density at radius 2 is 2.41 bits per heavy atom. The van der Waals surface area contributed by atoms with Crippen molar-refractivity contribution in [3.8, 4) is 0 Å². The molecule has 0 fully saturated rings. The van der Waals surface area contributed by atoms with Crippen LogP contribution in [-0.4, -0.2) is 15.5 Å². The number of aromatic nitrogens is 2. The summed E-state index contributed by atoms with van der Waals surface area (Å²) in [5, 5.41) is 0. The molecule has 0 aliphatic heterocycles. The van der Waals surface area contributed by atoms with Crippen molar-refractivity contribution < 1.29 is 9.21 Å². The van der Waals surface area contributed by atoms with Crippen molar-refractivity contribution in [1.29, 1.82) is 0 Å². The molecule has 1 amide bonds. The van der Waals surface area contributed by atoms with Crippen molar-refractivity contribution in [2.24, 2.45) is 5.84 Å². The van der Waals surface area contributed by atoms with E-state index in [-0.39, 0.29) is 12.2 Å². The smallest absolute Gasteiger partial charge is 0.347 e. The lowest BCUT2D eigenvalue weighted by Gasteiger charge is -1.99. The second-order valence-corrected chi connectivity index (χ2v) is 3.31. The fourth-order valence-electron chi connectivity index (χ4n) is 1.34. The average molecular weight is 234 g/mol. The van der Waals surface area contributed by atoms with Crippen LogP contribution in [0.5, 0.6) is 0 Å². The molecule has 2 aromatic heterocycles. The van der Waals surface area contributed by atoms with Crippen LogP contribution in [0, 0.1) is 0 Å². The number of amides is 1. The molecule has 0 spiro atoms. The monoisotopic (exact) mass is 234 g/mol. The zero-order valence-electron chi connectivity index (χ0n) is 8.79. The van der Waals surface area contributed by atoms with Crippen molar-refractivity contribution in [3.63, 3.8) is 0 Å². The summed E-state index contributed by atoms with van der Waals surface area (Å²) in [6, 6.07) is 3.15. The van der Waals surface area contributed by atoms with Gasteiger partial charge in [-0.15, -0.1) is 0 Å². The van der Waals surface area contributed by atoms with Crippen LogP contribution in [0.1, 0.15) is 16.1 Å². The molecule has 88 valence electrons. The van der Waals surface area contributed by atoms with Crippen LogP contribution in [0.3, 0.4) is 0 Å². The van der Waals surface area contributed by atoms with E-state index in [0.717, 1.165) is 0 Å². The third-order valence-corrected chi connectivity index (χ3v) is 2.16. The quantitative estimate of drug-likeness (QED) is 0.423. The van der Waals surface area contributed by atoms with Gasteiger partial charge >= 0.3 is 5.69 Å². The first-order valence-corrected chi connectivity index (χ1v) is 4.80. The third-order valence-electron chi connectivity index (χ3n) is 2.16. The van der Waals surface area contributed by atoms with Crippen LogP contribution in [-0.2, 0) is 6.54 Å². The normalized spacial score (nSPS) is 10.2. The van der Waals surface area contributed by atoms with Gasteiger partial charge in [-0.25, -0.2) is 15.6 Å². The van der Waals surface area contributed by atoms with E-state index >= 15 is 0 Å². The molecule has 0 saturated carbocycles. The molecule has 0 saturated heterocycles. The molecule has 0 aromatic carbocycles. The van der Waals surface area contributed by atoms with E-state index in [0.29, 0.717) is 11.3 Å². The zero-order valence-corrected chi connectivity index (χ0v) is 8.79. The van der Waals surface area contributed by atoms with Crippen LogP contribution in [0.2, 0.25) is 0 Å². The lowest BCUT2D eigenvalue weighted by atomic mass is 10.3. The second kappa shape index (κ2) is 4.62. The van der Waals surface area contributed by atoms with E-state index in [2.05, 4.69) is 4.98 Å². The molecule has 0 aliphatic rings. The summed E-state index contributed by atoms with van der Waals surface area (Å²) < 4.78 is 6.51. The molecular weight excluding hydrogens is 224 g/mol. The summed E-state index contributed by atoms with van der Waals surface area (Å²) in [5.74, 6) is 5.01. The van der Waals surface area contributed by atoms with E-state index < -0.39 is 5.91 Å². The standard InChI is InChI=1S/C10H10N4O3/c11-13-9(15)7-4-8(17-6-7)5-14-3-1-2-12-10(14)16/h1-4,6H,5,11H2,(H,13,15). The highest BCUT2D eigenvalue weighted by molar-refractivity contribution is 5.93. The average Bonchev–Trinajstić information content (AvgIpc) is 2.80. The Kier molecular flexibility index (Phi) is 3.01. The van der Waals surface area contributed by atoms with Crippen molar-refractivity contribution in [1.82, 2.24) is 15.0 Å². The number of hydrogen-bond donors (Lipinski definition) is 2.